The fourth-order valence-corrected chi connectivity index (χ4v) is 3.36. The molecule has 0 saturated carbocycles. The van der Waals surface area contributed by atoms with Gasteiger partial charge in [0, 0.05) is 34.3 Å². The summed E-state index contributed by atoms with van der Waals surface area (Å²) in [5, 5.41) is 1.83. The summed E-state index contributed by atoms with van der Waals surface area (Å²) in [4.78, 5) is 4.53. The maximum atomic E-state index is 6.06. The second kappa shape index (κ2) is 5.16. The van der Waals surface area contributed by atoms with Crippen molar-refractivity contribution in [2.24, 2.45) is 0 Å². The second-order valence-electron chi connectivity index (χ2n) is 4.58. The lowest BCUT2D eigenvalue weighted by atomic mass is 9.92. The average molecular weight is 327 g/mol. The number of nitrogens with zero attached hydrogens (tertiary/aromatic N) is 1. The molecule has 1 aromatic carbocycles. The molecule has 0 N–H and O–H groups in total. The van der Waals surface area contributed by atoms with Crippen LogP contribution in [-0.2, 0) is 4.74 Å². The molecular formula is C14H13BrClNO. The maximum absolute atomic E-state index is 6.06. The maximum Gasteiger partial charge on any atom is 0.0714 e. The number of benzene rings is 1. The minimum absolute atomic E-state index is 0.531. The Morgan fingerprint density at radius 1 is 1.28 bits per heavy atom. The third-order valence-corrected chi connectivity index (χ3v) is 4.57. The van der Waals surface area contributed by atoms with Crippen LogP contribution in [0.5, 0.6) is 0 Å². The molecule has 2 nitrogen and oxygen atoms in total. The molecule has 1 aromatic heterocycles. The smallest absolute Gasteiger partial charge is 0.0714 e. The van der Waals surface area contributed by atoms with Crippen LogP contribution >= 0.6 is 27.5 Å². The number of halogens is 2. The van der Waals surface area contributed by atoms with Crippen molar-refractivity contribution >= 4 is 38.4 Å². The molecule has 1 aliphatic rings. The monoisotopic (exact) mass is 325 g/mol. The molecule has 0 aliphatic carbocycles. The quantitative estimate of drug-likeness (QED) is 0.767. The van der Waals surface area contributed by atoms with Gasteiger partial charge >= 0.3 is 0 Å². The second-order valence-corrected chi connectivity index (χ2v) is 5.81. The van der Waals surface area contributed by atoms with Gasteiger partial charge in [-0.15, -0.1) is 0 Å². The van der Waals surface area contributed by atoms with Crippen molar-refractivity contribution < 1.29 is 4.74 Å². The first-order valence-electron chi connectivity index (χ1n) is 6.07. The summed E-state index contributed by atoms with van der Waals surface area (Å²) in [6, 6.07) is 5.80. The van der Waals surface area contributed by atoms with Crippen LogP contribution in [0.1, 0.15) is 24.3 Å². The fraction of sp³-hybridized carbons (Fsp3) is 0.357. The number of rotatable bonds is 1. The number of aromatic nitrogens is 1. The Kier molecular flexibility index (Phi) is 3.55. The number of ether oxygens (including phenoxy) is 1. The molecule has 94 valence electrons. The highest BCUT2D eigenvalue weighted by Gasteiger charge is 2.19. The van der Waals surface area contributed by atoms with Crippen molar-refractivity contribution in [2.75, 3.05) is 13.2 Å². The Morgan fingerprint density at radius 3 is 2.83 bits per heavy atom. The summed E-state index contributed by atoms with van der Waals surface area (Å²) in [6.45, 7) is 1.68. The van der Waals surface area contributed by atoms with Crippen molar-refractivity contribution in [3.8, 4) is 0 Å². The van der Waals surface area contributed by atoms with Gasteiger partial charge in [-0.25, -0.2) is 0 Å². The third kappa shape index (κ3) is 2.27. The molecule has 18 heavy (non-hydrogen) atoms. The average Bonchev–Trinajstić information content (AvgIpc) is 2.41. The summed E-state index contributed by atoms with van der Waals surface area (Å²) in [5.41, 5.74) is 2.25. The summed E-state index contributed by atoms with van der Waals surface area (Å²) in [7, 11) is 0. The largest absolute Gasteiger partial charge is 0.381 e. The number of hydrogen-bond acceptors (Lipinski definition) is 2. The van der Waals surface area contributed by atoms with Gasteiger partial charge in [0.1, 0.15) is 0 Å². The molecule has 1 aliphatic heterocycles. The fourth-order valence-electron chi connectivity index (χ4n) is 2.44. The van der Waals surface area contributed by atoms with Crippen LogP contribution in [0.25, 0.3) is 10.9 Å². The topological polar surface area (TPSA) is 22.1 Å². The number of pyridine rings is 1. The molecule has 1 fully saturated rings. The highest BCUT2D eigenvalue weighted by molar-refractivity contribution is 9.10. The Labute approximate surface area is 119 Å². The van der Waals surface area contributed by atoms with Gasteiger partial charge in [-0.05, 0) is 58.5 Å². The molecule has 4 heteroatoms. The van der Waals surface area contributed by atoms with Crippen LogP contribution in [0.15, 0.2) is 28.9 Å². The molecule has 3 rings (SSSR count). The Morgan fingerprint density at radius 2 is 2.06 bits per heavy atom. The van der Waals surface area contributed by atoms with Gasteiger partial charge in [0.2, 0.25) is 0 Å². The summed E-state index contributed by atoms with van der Waals surface area (Å²) < 4.78 is 6.54. The van der Waals surface area contributed by atoms with Crippen molar-refractivity contribution in [1.82, 2.24) is 4.98 Å². The molecule has 0 atom stereocenters. The van der Waals surface area contributed by atoms with E-state index in [1.807, 2.05) is 24.4 Å². The van der Waals surface area contributed by atoms with E-state index in [1.54, 1.807) is 0 Å². The van der Waals surface area contributed by atoms with Gasteiger partial charge in [-0.1, -0.05) is 11.6 Å². The van der Waals surface area contributed by atoms with Gasteiger partial charge in [-0.2, -0.15) is 0 Å². The zero-order chi connectivity index (χ0) is 12.5. The normalized spacial score (nSPS) is 17.2. The third-order valence-electron chi connectivity index (χ3n) is 3.45. The Hall–Kier alpha value is -0.640. The van der Waals surface area contributed by atoms with Crippen molar-refractivity contribution in [3.05, 3.63) is 39.5 Å². The van der Waals surface area contributed by atoms with Gasteiger partial charge in [-0.3, -0.25) is 4.98 Å². The first-order valence-corrected chi connectivity index (χ1v) is 7.24. The standard InChI is InChI=1S/C14H13BrClNO/c15-14-11-7-10(16)1-2-13(11)17-8-12(14)9-3-5-18-6-4-9/h1-2,7-9H,3-6H2. The van der Waals surface area contributed by atoms with Crippen molar-refractivity contribution in [2.45, 2.75) is 18.8 Å². The lowest BCUT2D eigenvalue weighted by Crippen LogP contribution is -2.14. The SMILES string of the molecule is Clc1ccc2ncc(C3CCOCC3)c(Br)c2c1. The molecule has 2 heterocycles. The molecule has 2 aromatic rings. The van der Waals surface area contributed by atoms with E-state index in [0.29, 0.717) is 5.92 Å². The van der Waals surface area contributed by atoms with Gasteiger partial charge in [0.25, 0.3) is 0 Å². The lowest BCUT2D eigenvalue weighted by molar-refractivity contribution is 0.0852. The van der Waals surface area contributed by atoms with Gasteiger partial charge < -0.3 is 4.74 Å². The first kappa shape index (κ1) is 12.4. The Bertz CT molecular complexity index is 581. The van der Waals surface area contributed by atoms with Crippen molar-refractivity contribution in [3.63, 3.8) is 0 Å². The molecule has 0 spiro atoms. The van der Waals surface area contributed by atoms with E-state index in [4.69, 9.17) is 16.3 Å². The zero-order valence-corrected chi connectivity index (χ0v) is 12.2. The van der Waals surface area contributed by atoms with Crippen LogP contribution in [0, 0.1) is 0 Å². The van der Waals surface area contributed by atoms with Crippen LogP contribution in [-0.4, -0.2) is 18.2 Å². The summed E-state index contributed by atoms with van der Waals surface area (Å²) in [5.74, 6) is 0.531. The van der Waals surface area contributed by atoms with E-state index < -0.39 is 0 Å². The number of fused-ring (bicyclic) bond motifs is 1. The lowest BCUT2D eigenvalue weighted by Gasteiger charge is -2.23. The minimum Gasteiger partial charge on any atom is -0.381 e. The van der Waals surface area contributed by atoms with E-state index in [2.05, 4.69) is 20.9 Å². The molecule has 0 amide bonds. The van der Waals surface area contributed by atoms with E-state index in [-0.39, 0.29) is 0 Å². The van der Waals surface area contributed by atoms with Crippen LogP contribution in [0.2, 0.25) is 5.02 Å². The predicted octanol–water partition coefficient (Wildman–Crippen LogP) is 4.54. The zero-order valence-electron chi connectivity index (χ0n) is 9.83. The van der Waals surface area contributed by atoms with Crippen LogP contribution < -0.4 is 0 Å². The van der Waals surface area contributed by atoms with E-state index in [9.17, 15) is 0 Å². The van der Waals surface area contributed by atoms with E-state index in [1.165, 1.54) is 5.56 Å². The molecule has 1 saturated heterocycles. The molecule has 0 bridgehead atoms. The predicted molar refractivity (Wildman–Crippen MR) is 77.2 cm³/mol. The summed E-state index contributed by atoms with van der Waals surface area (Å²) in [6.07, 6.45) is 4.11. The van der Waals surface area contributed by atoms with E-state index in [0.717, 1.165) is 46.5 Å². The summed E-state index contributed by atoms with van der Waals surface area (Å²) >= 11 is 9.77. The minimum atomic E-state index is 0.531. The molecule has 0 unspecified atom stereocenters. The highest BCUT2D eigenvalue weighted by Crippen LogP contribution is 2.36. The van der Waals surface area contributed by atoms with E-state index >= 15 is 0 Å². The van der Waals surface area contributed by atoms with Gasteiger partial charge in [0.15, 0.2) is 0 Å². The Balaban J connectivity index is 2.09. The number of hydrogen-bond donors (Lipinski definition) is 0. The molecule has 0 radical (unpaired) electrons. The van der Waals surface area contributed by atoms with Crippen LogP contribution in [0.4, 0.5) is 0 Å². The highest BCUT2D eigenvalue weighted by atomic mass is 79.9. The van der Waals surface area contributed by atoms with Crippen LogP contribution in [0.3, 0.4) is 0 Å². The first-order chi connectivity index (χ1) is 8.75. The van der Waals surface area contributed by atoms with Gasteiger partial charge in [0.05, 0.1) is 5.52 Å². The molecular weight excluding hydrogens is 314 g/mol. The van der Waals surface area contributed by atoms with Crippen molar-refractivity contribution in [1.29, 1.82) is 0 Å².